The highest BCUT2D eigenvalue weighted by Crippen LogP contribution is 2.20. The molecular weight excluding hydrogens is 214 g/mol. The minimum Gasteiger partial charge on any atom is -0.387 e. The quantitative estimate of drug-likeness (QED) is 0.660. The molecule has 0 fully saturated rings. The third-order valence-electron chi connectivity index (χ3n) is 1.18. The summed E-state index contributed by atoms with van der Waals surface area (Å²) in [6.45, 7) is 1.54. The topological polar surface area (TPSA) is 105 Å². The zero-order valence-corrected chi connectivity index (χ0v) is 8.39. The molecule has 1 rings (SSSR count). The molecule has 8 heteroatoms. The van der Waals surface area contributed by atoms with Crippen LogP contribution in [0.4, 0.5) is 5.13 Å². The van der Waals surface area contributed by atoms with Gasteiger partial charge in [0, 0.05) is 5.38 Å². The monoisotopic (exact) mass is 223 g/mol. The lowest BCUT2D eigenvalue weighted by molar-refractivity contribution is 0.195. The minimum absolute atomic E-state index is 0.151. The number of aromatic nitrogens is 1. The van der Waals surface area contributed by atoms with Gasteiger partial charge in [-0.15, -0.1) is 11.3 Å². The summed E-state index contributed by atoms with van der Waals surface area (Å²) in [7, 11) is -3.77. The average molecular weight is 223 g/mol. The van der Waals surface area contributed by atoms with Gasteiger partial charge in [-0.1, -0.05) is 0 Å². The van der Waals surface area contributed by atoms with E-state index in [1.54, 1.807) is 5.38 Å². The highest BCUT2D eigenvalue weighted by atomic mass is 32.2. The highest BCUT2D eigenvalue weighted by molar-refractivity contribution is 7.90. The van der Waals surface area contributed by atoms with Crippen LogP contribution in [-0.4, -0.2) is 18.5 Å². The molecule has 13 heavy (non-hydrogen) atoms. The molecule has 74 valence electrons. The number of aliphatic hydroxyl groups is 1. The predicted molar refractivity (Wildman–Crippen MR) is 49.5 cm³/mol. The molecule has 6 nitrogen and oxygen atoms in total. The molecule has 0 aliphatic rings. The maximum atomic E-state index is 10.6. The Bertz CT molecular complexity index is 383. The summed E-state index contributed by atoms with van der Waals surface area (Å²) in [6, 6.07) is 0. The third kappa shape index (κ3) is 3.27. The Morgan fingerprint density at radius 2 is 2.38 bits per heavy atom. The van der Waals surface area contributed by atoms with Gasteiger partial charge in [0.25, 0.3) is 10.2 Å². The highest BCUT2D eigenvalue weighted by Gasteiger charge is 2.09. The smallest absolute Gasteiger partial charge is 0.298 e. The molecule has 0 radical (unpaired) electrons. The van der Waals surface area contributed by atoms with Crippen molar-refractivity contribution >= 4 is 26.7 Å². The molecule has 0 aliphatic carbocycles. The van der Waals surface area contributed by atoms with Gasteiger partial charge in [-0.25, -0.2) is 14.8 Å². The van der Waals surface area contributed by atoms with Crippen molar-refractivity contribution in [1.29, 1.82) is 0 Å². The lowest BCUT2D eigenvalue weighted by atomic mass is 10.3. The Kier molecular flexibility index (Phi) is 2.86. The molecule has 0 amide bonds. The fraction of sp³-hybridized carbons (Fsp3) is 0.400. The van der Waals surface area contributed by atoms with Gasteiger partial charge in [0.1, 0.15) is 0 Å². The van der Waals surface area contributed by atoms with Gasteiger partial charge in [0.05, 0.1) is 11.8 Å². The van der Waals surface area contributed by atoms with Crippen LogP contribution in [0.15, 0.2) is 5.38 Å². The molecular formula is C5H9N3O3S2. The number of rotatable bonds is 3. The number of hydrogen-bond donors (Lipinski definition) is 3. The zero-order valence-electron chi connectivity index (χ0n) is 6.76. The predicted octanol–water partition coefficient (Wildman–Crippen LogP) is -0.188. The Morgan fingerprint density at radius 3 is 2.77 bits per heavy atom. The van der Waals surface area contributed by atoms with E-state index in [4.69, 9.17) is 10.2 Å². The van der Waals surface area contributed by atoms with E-state index in [2.05, 4.69) is 4.98 Å². The summed E-state index contributed by atoms with van der Waals surface area (Å²) in [6.07, 6.45) is -0.715. The van der Waals surface area contributed by atoms with Crippen LogP contribution in [0.3, 0.4) is 0 Å². The van der Waals surface area contributed by atoms with Crippen LogP contribution in [0.1, 0.15) is 18.7 Å². The lowest BCUT2D eigenvalue weighted by Crippen LogP contribution is -2.21. The number of thiazole rings is 1. The first kappa shape index (κ1) is 10.4. The number of nitrogens with one attached hydrogen (secondary N) is 1. The molecule has 1 heterocycles. The van der Waals surface area contributed by atoms with Crippen LogP contribution in [0.25, 0.3) is 0 Å². The molecule has 0 spiro atoms. The molecule has 1 unspecified atom stereocenters. The molecule has 1 aromatic rings. The number of hydrogen-bond acceptors (Lipinski definition) is 5. The summed E-state index contributed by atoms with van der Waals surface area (Å²) in [4.78, 5) is 3.79. The van der Waals surface area contributed by atoms with Crippen molar-refractivity contribution in [2.75, 3.05) is 4.72 Å². The van der Waals surface area contributed by atoms with Crippen LogP contribution >= 0.6 is 11.3 Å². The second kappa shape index (κ2) is 3.58. The van der Waals surface area contributed by atoms with Gasteiger partial charge in [0.2, 0.25) is 0 Å². The van der Waals surface area contributed by atoms with Gasteiger partial charge in [0.15, 0.2) is 5.13 Å². The number of aliphatic hydroxyl groups excluding tert-OH is 1. The first-order valence-electron chi connectivity index (χ1n) is 3.32. The van der Waals surface area contributed by atoms with E-state index in [0.717, 1.165) is 11.3 Å². The maximum absolute atomic E-state index is 10.6. The first-order chi connectivity index (χ1) is 5.88. The van der Waals surface area contributed by atoms with Crippen molar-refractivity contribution in [3.8, 4) is 0 Å². The standard InChI is InChI=1S/C5H9N3O3S2/c1-3(9)4-2-12-5(7-4)8-13(6,10)11/h2-3,9H,1H3,(H,7,8)(H2,6,10,11). The van der Waals surface area contributed by atoms with E-state index in [9.17, 15) is 8.42 Å². The summed E-state index contributed by atoms with van der Waals surface area (Å²) in [5.74, 6) is 0. The van der Waals surface area contributed by atoms with E-state index in [1.165, 1.54) is 6.92 Å². The molecule has 1 aromatic heterocycles. The minimum atomic E-state index is -3.77. The molecule has 0 saturated heterocycles. The fourth-order valence-electron chi connectivity index (χ4n) is 0.647. The van der Waals surface area contributed by atoms with Gasteiger partial charge < -0.3 is 5.11 Å². The third-order valence-corrected chi connectivity index (χ3v) is 2.56. The van der Waals surface area contributed by atoms with Crippen LogP contribution < -0.4 is 9.86 Å². The lowest BCUT2D eigenvalue weighted by Gasteiger charge is -1.98. The number of nitrogens with zero attached hydrogens (tertiary/aromatic N) is 1. The van der Waals surface area contributed by atoms with Crippen LogP contribution in [0, 0.1) is 0 Å². The molecule has 1 atom stereocenters. The van der Waals surface area contributed by atoms with Crippen molar-refractivity contribution in [1.82, 2.24) is 4.98 Å². The van der Waals surface area contributed by atoms with Gasteiger partial charge in [-0.05, 0) is 6.92 Å². The Morgan fingerprint density at radius 1 is 1.77 bits per heavy atom. The second-order valence-corrected chi connectivity index (χ2v) is 4.55. The summed E-state index contributed by atoms with van der Waals surface area (Å²) < 4.78 is 23.1. The fourth-order valence-corrected chi connectivity index (χ4v) is 2.12. The van der Waals surface area contributed by atoms with Crippen molar-refractivity contribution in [3.63, 3.8) is 0 Å². The van der Waals surface area contributed by atoms with Crippen LogP contribution in [0.5, 0.6) is 0 Å². The van der Waals surface area contributed by atoms with Crippen molar-refractivity contribution in [2.45, 2.75) is 13.0 Å². The second-order valence-electron chi connectivity index (χ2n) is 2.40. The number of anilines is 1. The van der Waals surface area contributed by atoms with E-state index in [0.29, 0.717) is 5.69 Å². The Balaban J connectivity index is 2.81. The largest absolute Gasteiger partial charge is 0.387 e. The first-order valence-corrected chi connectivity index (χ1v) is 5.75. The van der Waals surface area contributed by atoms with E-state index >= 15 is 0 Å². The van der Waals surface area contributed by atoms with Crippen LogP contribution in [0.2, 0.25) is 0 Å². The molecule has 0 aromatic carbocycles. The van der Waals surface area contributed by atoms with Crippen molar-refractivity contribution < 1.29 is 13.5 Å². The summed E-state index contributed by atoms with van der Waals surface area (Å²) in [5, 5.41) is 15.5. The van der Waals surface area contributed by atoms with E-state index in [-0.39, 0.29) is 5.13 Å². The zero-order chi connectivity index (χ0) is 10.1. The molecule has 0 bridgehead atoms. The average Bonchev–Trinajstić information content (AvgIpc) is 2.31. The van der Waals surface area contributed by atoms with Gasteiger partial charge >= 0.3 is 0 Å². The van der Waals surface area contributed by atoms with Crippen LogP contribution in [-0.2, 0) is 10.2 Å². The van der Waals surface area contributed by atoms with Gasteiger partial charge in [-0.3, -0.25) is 0 Å². The Hall–Kier alpha value is -0.700. The van der Waals surface area contributed by atoms with E-state index < -0.39 is 16.3 Å². The number of nitrogens with two attached hydrogens (primary N) is 1. The SMILES string of the molecule is CC(O)c1csc(NS(N)(=O)=O)n1. The van der Waals surface area contributed by atoms with Gasteiger partial charge in [-0.2, -0.15) is 8.42 Å². The van der Waals surface area contributed by atoms with E-state index in [1.807, 2.05) is 4.72 Å². The normalized spacial score (nSPS) is 14.1. The molecule has 0 aliphatic heterocycles. The summed E-state index contributed by atoms with van der Waals surface area (Å²) in [5.41, 5.74) is 0.413. The van der Waals surface area contributed by atoms with Crippen molar-refractivity contribution in [3.05, 3.63) is 11.1 Å². The molecule has 0 saturated carbocycles. The molecule has 4 N–H and O–H groups in total. The maximum Gasteiger partial charge on any atom is 0.298 e. The Labute approximate surface area is 79.6 Å². The summed E-state index contributed by atoms with van der Waals surface area (Å²) >= 11 is 1.06. The van der Waals surface area contributed by atoms with Crippen molar-refractivity contribution in [2.24, 2.45) is 5.14 Å².